The molecule has 0 bridgehead atoms. The summed E-state index contributed by atoms with van der Waals surface area (Å²) in [6.45, 7) is -0.108. The average Bonchev–Trinajstić information content (AvgIpc) is 3.26. The average molecular weight is 459 g/mol. The lowest BCUT2D eigenvalue weighted by molar-refractivity contribution is -0.140. The zero-order valence-electron chi connectivity index (χ0n) is 17.5. The number of halogens is 1. The number of fused-ring (bicyclic) bond motifs is 1. The molecular formula is C21H19ClN4O6. The van der Waals surface area contributed by atoms with Gasteiger partial charge in [-0.25, -0.2) is 19.1 Å². The van der Waals surface area contributed by atoms with Gasteiger partial charge in [0.05, 0.1) is 56.1 Å². The monoisotopic (exact) mass is 458 g/mol. The van der Waals surface area contributed by atoms with Gasteiger partial charge in [0.15, 0.2) is 5.65 Å². The molecule has 0 aliphatic carbocycles. The molecule has 3 heterocycles. The molecule has 1 aliphatic rings. The molecule has 10 nitrogen and oxygen atoms in total. The zero-order valence-corrected chi connectivity index (χ0v) is 18.3. The van der Waals surface area contributed by atoms with Gasteiger partial charge in [0.1, 0.15) is 12.4 Å². The van der Waals surface area contributed by atoms with Gasteiger partial charge in [-0.2, -0.15) is 0 Å². The number of esters is 2. The highest BCUT2D eigenvalue weighted by Crippen LogP contribution is 2.35. The lowest BCUT2D eigenvalue weighted by atomic mass is 10.1. The van der Waals surface area contributed by atoms with E-state index in [0.717, 1.165) is 0 Å². The van der Waals surface area contributed by atoms with Crippen molar-refractivity contribution < 1.29 is 28.5 Å². The van der Waals surface area contributed by atoms with Crippen LogP contribution in [0, 0.1) is 0 Å². The molecule has 4 rings (SSSR count). The standard InChI is InChI=1S/C21H19ClN4O6/c1-29-18-7-6-17-23-15(9-26(17)24-18)12-4-5-14(22)16(8-12)25-11-32-10-13(20(27)30-2)19(25)21(28)31-3/h4-9H,10-11H2,1-3H3. The Hall–Kier alpha value is -3.63. The molecule has 166 valence electrons. The van der Waals surface area contributed by atoms with E-state index in [1.165, 1.54) is 26.2 Å². The van der Waals surface area contributed by atoms with Crippen molar-refractivity contribution >= 4 is 34.9 Å². The second-order valence-corrected chi connectivity index (χ2v) is 7.09. The number of carbonyl (C=O) groups excluding carboxylic acids is 2. The van der Waals surface area contributed by atoms with Crippen molar-refractivity contribution in [3.05, 3.63) is 52.8 Å². The summed E-state index contributed by atoms with van der Waals surface area (Å²) in [5.74, 6) is -0.950. The number of hydrogen-bond donors (Lipinski definition) is 0. The smallest absolute Gasteiger partial charge is 0.355 e. The van der Waals surface area contributed by atoms with E-state index in [1.807, 2.05) is 0 Å². The third kappa shape index (κ3) is 3.85. The zero-order chi connectivity index (χ0) is 22.8. The van der Waals surface area contributed by atoms with Crippen LogP contribution in [0.15, 0.2) is 47.8 Å². The molecule has 0 unspecified atom stereocenters. The van der Waals surface area contributed by atoms with Crippen LogP contribution in [-0.2, 0) is 23.8 Å². The predicted molar refractivity (Wildman–Crippen MR) is 114 cm³/mol. The minimum atomic E-state index is -0.709. The number of rotatable bonds is 5. The predicted octanol–water partition coefficient (Wildman–Crippen LogP) is 2.45. The summed E-state index contributed by atoms with van der Waals surface area (Å²) in [5, 5.41) is 4.65. The van der Waals surface area contributed by atoms with Crippen molar-refractivity contribution in [1.29, 1.82) is 0 Å². The Kier molecular flexibility index (Phi) is 5.97. The van der Waals surface area contributed by atoms with Crippen LogP contribution in [0.2, 0.25) is 5.02 Å². The SMILES string of the molecule is COC(=O)C1=C(C(=O)OC)N(c2cc(-c3cn4nc(OC)ccc4n3)ccc2Cl)COC1. The van der Waals surface area contributed by atoms with Crippen LogP contribution >= 0.6 is 11.6 Å². The van der Waals surface area contributed by atoms with Crippen molar-refractivity contribution in [1.82, 2.24) is 14.6 Å². The summed E-state index contributed by atoms with van der Waals surface area (Å²) >= 11 is 6.47. The number of hydrogen-bond acceptors (Lipinski definition) is 9. The number of benzene rings is 1. The molecule has 0 saturated heterocycles. The van der Waals surface area contributed by atoms with E-state index < -0.39 is 11.9 Å². The van der Waals surface area contributed by atoms with E-state index in [0.29, 0.717) is 33.5 Å². The molecule has 0 amide bonds. The first-order valence-corrected chi connectivity index (χ1v) is 9.80. The molecule has 0 N–H and O–H groups in total. The Morgan fingerprint density at radius 3 is 2.59 bits per heavy atom. The lowest BCUT2D eigenvalue weighted by Crippen LogP contribution is -2.39. The fraction of sp³-hybridized carbons (Fsp3) is 0.238. The summed E-state index contributed by atoms with van der Waals surface area (Å²) in [4.78, 5) is 30.9. The maximum absolute atomic E-state index is 12.6. The number of nitrogens with zero attached hydrogens (tertiary/aromatic N) is 4. The molecular weight excluding hydrogens is 440 g/mol. The molecule has 32 heavy (non-hydrogen) atoms. The van der Waals surface area contributed by atoms with Gasteiger partial charge in [0.25, 0.3) is 0 Å². The van der Waals surface area contributed by atoms with Gasteiger partial charge in [-0.05, 0) is 18.2 Å². The van der Waals surface area contributed by atoms with E-state index in [1.54, 1.807) is 41.0 Å². The molecule has 0 saturated carbocycles. The fourth-order valence-electron chi connectivity index (χ4n) is 3.33. The topological polar surface area (TPSA) is 104 Å². The third-order valence-corrected chi connectivity index (χ3v) is 5.19. The van der Waals surface area contributed by atoms with Crippen molar-refractivity contribution in [3.63, 3.8) is 0 Å². The van der Waals surface area contributed by atoms with Gasteiger partial charge < -0.3 is 23.8 Å². The first-order valence-electron chi connectivity index (χ1n) is 9.42. The fourth-order valence-corrected chi connectivity index (χ4v) is 3.54. The number of methoxy groups -OCH3 is 3. The van der Waals surface area contributed by atoms with Gasteiger partial charge in [0.2, 0.25) is 5.88 Å². The van der Waals surface area contributed by atoms with E-state index in [4.69, 9.17) is 30.5 Å². The minimum Gasteiger partial charge on any atom is -0.480 e. The second-order valence-electron chi connectivity index (χ2n) is 6.69. The normalized spacial score (nSPS) is 13.9. The summed E-state index contributed by atoms with van der Waals surface area (Å²) in [6, 6.07) is 8.70. The van der Waals surface area contributed by atoms with Crippen molar-refractivity contribution in [2.45, 2.75) is 0 Å². The second kappa shape index (κ2) is 8.85. The van der Waals surface area contributed by atoms with Crippen molar-refractivity contribution in [2.75, 3.05) is 39.6 Å². The lowest BCUT2D eigenvalue weighted by Gasteiger charge is -2.32. The van der Waals surface area contributed by atoms with Crippen LogP contribution in [0.5, 0.6) is 5.88 Å². The molecule has 2 aromatic heterocycles. The molecule has 1 aromatic carbocycles. The summed E-state index contributed by atoms with van der Waals surface area (Å²) in [7, 11) is 3.99. The van der Waals surface area contributed by atoms with Crippen molar-refractivity contribution in [2.24, 2.45) is 0 Å². The Balaban J connectivity index is 1.81. The molecule has 0 spiro atoms. The molecule has 0 radical (unpaired) electrons. The third-order valence-electron chi connectivity index (χ3n) is 4.87. The van der Waals surface area contributed by atoms with Crippen LogP contribution in [0.4, 0.5) is 5.69 Å². The largest absolute Gasteiger partial charge is 0.480 e. The van der Waals surface area contributed by atoms with Crippen LogP contribution in [0.25, 0.3) is 16.9 Å². The highest BCUT2D eigenvalue weighted by molar-refractivity contribution is 6.33. The molecule has 3 aromatic rings. The van der Waals surface area contributed by atoms with Crippen LogP contribution in [-0.4, -0.2) is 61.2 Å². The van der Waals surface area contributed by atoms with Gasteiger partial charge in [-0.3, -0.25) is 0 Å². The van der Waals surface area contributed by atoms with Crippen LogP contribution in [0.3, 0.4) is 0 Å². The first kappa shape index (κ1) is 21.6. The minimum absolute atomic E-state index is 0.00561. The summed E-state index contributed by atoms with van der Waals surface area (Å²) < 4.78 is 22.0. The quantitative estimate of drug-likeness (QED) is 0.533. The Morgan fingerprint density at radius 1 is 1.09 bits per heavy atom. The molecule has 1 aliphatic heterocycles. The summed E-state index contributed by atoms with van der Waals surface area (Å²) in [5.41, 5.74) is 2.44. The molecule has 11 heteroatoms. The maximum atomic E-state index is 12.6. The van der Waals surface area contributed by atoms with Gasteiger partial charge in [-0.1, -0.05) is 17.7 Å². The summed E-state index contributed by atoms with van der Waals surface area (Å²) in [6.07, 6.45) is 1.74. The van der Waals surface area contributed by atoms with Gasteiger partial charge in [-0.15, -0.1) is 5.10 Å². The number of imidazole rings is 1. The van der Waals surface area contributed by atoms with Gasteiger partial charge >= 0.3 is 11.9 Å². The number of anilines is 1. The number of ether oxygens (including phenoxy) is 4. The first-order chi connectivity index (χ1) is 15.5. The highest BCUT2D eigenvalue weighted by atomic mass is 35.5. The Bertz CT molecular complexity index is 1240. The van der Waals surface area contributed by atoms with E-state index in [9.17, 15) is 9.59 Å². The maximum Gasteiger partial charge on any atom is 0.355 e. The molecule has 0 atom stereocenters. The molecule has 0 fully saturated rings. The Morgan fingerprint density at radius 2 is 1.88 bits per heavy atom. The van der Waals surface area contributed by atoms with Crippen molar-refractivity contribution in [3.8, 4) is 17.1 Å². The van der Waals surface area contributed by atoms with E-state index >= 15 is 0 Å². The van der Waals surface area contributed by atoms with Crippen LogP contribution < -0.4 is 9.64 Å². The van der Waals surface area contributed by atoms with E-state index in [2.05, 4.69) is 10.1 Å². The Labute approximate surface area is 187 Å². The highest BCUT2D eigenvalue weighted by Gasteiger charge is 2.33. The van der Waals surface area contributed by atoms with Crippen LogP contribution in [0.1, 0.15) is 0 Å². The number of aromatic nitrogens is 3. The van der Waals surface area contributed by atoms with E-state index in [-0.39, 0.29) is 24.6 Å². The number of carbonyl (C=O) groups is 2. The van der Waals surface area contributed by atoms with Gasteiger partial charge in [0, 0.05) is 11.6 Å².